The Morgan fingerprint density at radius 1 is 1.11 bits per heavy atom. The molecule has 0 aromatic heterocycles. The molecule has 1 aromatic carbocycles. The number of piperidine rings is 3. The fourth-order valence-electron chi connectivity index (χ4n) is 2.99. The van der Waals surface area contributed by atoms with Gasteiger partial charge < -0.3 is 4.90 Å². The third kappa shape index (κ3) is 2.30. The van der Waals surface area contributed by atoms with Crippen molar-refractivity contribution in [2.45, 2.75) is 23.8 Å². The van der Waals surface area contributed by atoms with Crippen molar-refractivity contribution in [3.63, 3.8) is 0 Å². The zero-order valence-corrected chi connectivity index (χ0v) is 11.0. The lowest BCUT2D eigenvalue weighted by Gasteiger charge is -2.40. The van der Waals surface area contributed by atoms with Gasteiger partial charge in [-0.1, -0.05) is 18.2 Å². The van der Waals surface area contributed by atoms with Crippen LogP contribution in [0.3, 0.4) is 0 Å². The summed E-state index contributed by atoms with van der Waals surface area (Å²) in [7, 11) is -3.60. The zero-order valence-electron chi connectivity index (χ0n) is 10.2. The first-order valence-corrected chi connectivity index (χ1v) is 7.88. The summed E-state index contributed by atoms with van der Waals surface area (Å²) in [5.74, 6) is 0.418. The van der Waals surface area contributed by atoms with Crippen molar-refractivity contribution in [2.24, 2.45) is 5.92 Å². The van der Waals surface area contributed by atoms with E-state index >= 15 is 0 Å². The molecule has 1 atom stereocenters. The number of hydrogen-bond acceptors (Lipinski definition) is 3. The summed E-state index contributed by atoms with van der Waals surface area (Å²) in [6.07, 6.45) is 2.04. The molecule has 0 amide bonds. The lowest BCUT2D eigenvalue weighted by molar-refractivity contribution is -0.920. The fourth-order valence-corrected chi connectivity index (χ4v) is 4.15. The highest BCUT2D eigenvalue weighted by Crippen LogP contribution is 2.24. The molecule has 0 unspecified atom stereocenters. The van der Waals surface area contributed by atoms with Gasteiger partial charge in [0.15, 0.2) is 0 Å². The molecule has 3 aliphatic heterocycles. The third-order valence-electron chi connectivity index (χ3n) is 4.04. The summed E-state index contributed by atoms with van der Waals surface area (Å²) in [5, 5.41) is 0. The van der Waals surface area contributed by atoms with Crippen molar-refractivity contribution < 1.29 is 17.5 Å². The topological polar surface area (TPSA) is 47.8 Å². The molecule has 3 heterocycles. The predicted octanol–water partition coefficient (Wildman–Crippen LogP) is 0.0690. The van der Waals surface area contributed by atoms with Crippen molar-refractivity contribution in [3.8, 4) is 0 Å². The van der Waals surface area contributed by atoms with Gasteiger partial charge in [0.1, 0.15) is 12.6 Å². The van der Waals surface area contributed by atoms with E-state index < -0.39 is 10.1 Å². The monoisotopic (exact) mass is 268 g/mol. The van der Waals surface area contributed by atoms with Crippen LogP contribution < -0.4 is 4.90 Å². The number of nitrogens with one attached hydrogen (secondary N) is 1. The second-order valence-electron chi connectivity index (χ2n) is 5.19. The van der Waals surface area contributed by atoms with Gasteiger partial charge in [0, 0.05) is 18.8 Å². The normalized spacial score (nSPS) is 31.4. The molecule has 3 fully saturated rings. The molecule has 2 bridgehead atoms. The molecular formula is C13H18NO3S+. The van der Waals surface area contributed by atoms with E-state index in [1.807, 2.05) is 0 Å². The highest BCUT2D eigenvalue weighted by atomic mass is 32.2. The maximum atomic E-state index is 12.1. The number of rotatable bonds is 3. The number of quaternary nitrogens is 1. The Hall–Kier alpha value is -0.910. The number of hydrogen-bond donors (Lipinski definition) is 1. The van der Waals surface area contributed by atoms with Crippen LogP contribution in [-0.2, 0) is 14.3 Å². The third-order valence-corrected chi connectivity index (χ3v) is 5.39. The lowest BCUT2D eigenvalue weighted by atomic mass is 9.86. The van der Waals surface area contributed by atoms with Crippen LogP contribution in [0.1, 0.15) is 12.8 Å². The molecule has 0 aliphatic carbocycles. The van der Waals surface area contributed by atoms with Crippen molar-refractivity contribution in [3.05, 3.63) is 30.3 Å². The molecule has 3 aliphatic rings. The molecule has 4 rings (SSSR count). The molecule has 0 saturated carbocycles. The fraction of sp³-hybridized carbons (Fsp3) is 0.538. The highest BCUT2D eigenvalue weighted by molar-refractivity contribution is 7.86. The van der Waals surface area contributed by atoms with Gasteiger partial charge in [-0.2, -0.15) is 8.42 Å². The van der Waals surface area contributed by atoms with Crippen molar-refractivity contribution in [1.82, 2.24) is 0 Å². The van der Waals surface area contributed by atoms with Gasteiger partial charge in [-0.3, -0.25) is 4.18 Å². The van der Waals surface area contributed by atoms with Crippen molar-refractivity contribution in [1.29, 1.82) is 0 Å². The van der Waals surface area contributed by atoms with Crippen LogP contribution in [-0.4, -0.2) is 34.2 Å². The molecule has 5 heteroatoms. The first-order chi connectivity index (χ1) is 8.65. The second-order valence-corrected chi connectivity index (χ2v) is 6.77. The zero-order chi connectivity index (χ0) is 12.6. The van der Waals surface area contributed by atoms with Crippen molar-refractivity contribution in [2.75, 3.05) is 19.6 Å². The molecule has 1 aromatic rings. The summed E-state index contributed by atoms with van der Waals surface area (Å²) >= 11 is 0. The Morgan fingerprint density at radius 2 is 1.78 bits per heavy atom. The minimum absolute atomic E-state index is 0.132. The number of fused-ring (bicyclic) bond motifs is 3. The standard InChI is InChI=1S/C13H17NO3S/c15-18(16,12-4-2-1-3-5-12)17-13-10-14-8-6-11(13)7-9-14/h1-5,11,13H,6-10H2/p+1/t13-/m0/s1. The Kier molecular flexibility index (Phi) is 3.13. The average molecular weight is 268 g/mol. The van der Waals surface area contributed by atoms with E-state index in [9.17, 15) is 8.42 Å². The van der Waals surface area contributed by atoms with Gasteiger partial charge >= 0.3 is 0 Å². The van der Waals surface area contributed by atoms with E-state index in [0.717, 1.165) is 32.5 Å². The Labute approximate surface area is 108 Å². The predicted molar refractivity (Wildman–Crippen MR) is 66.8 cm³/mol. The first-order valence-electron chi connectivity index (χ1n) is 6.47. The largest absolute Gasteiger partial charge is 0.333 e. The van der Waals surface area contributed by atoms with E-state index in [2.05, 4.69) is 0 Å². The van der Waals surface area contributed by atoms with Crippen LogP contribution >= 0.6 is 0 Å². The summed E-state index contributed by atoms with van der Waals surface area (Å²) in [4.78, 5) is 1.74. The molecule has 1 N–H and O–H groups in total. The van der Waals surface area contributed by atoms with Crippen LogP contribution in [0.4, 0.5) is 0 Å². The maximum Gasteiger partial charge on any atom is 0.297 e. The van der Waals surface area contributed by atoms with Crippen molar-refractivity contribution >= 4 is 10.1 Å². The molecular weight excluding hydrogens is 250 g/mol. The summed E-state index contributed by atoms with van der Waals surface area (Å²) < 4.78 is 29.7. The maximum absolute atomic E-state index is 12.1. The van der Waals surface area contributed by atoms with Crippen LogP contribution in [0.25, 0.3) is 0 Å². The van der Waals surface area contributed by atoms with Crippen LogP contribution in [0, 0.1) is 5.92 Å². The first kappa shape index (κ1) is 12.1. The molecule has 0 radical (unpaired) electrons. The molecule has 98 valence electrons. The van der Waals surface area contributed by atoms with E-state index in [1.54, 1.807) is 30.3 Å². The SMILES string of the molecule is O=S(=O)(O[C@H]1C[NH+]2CCC1CC2)c1ccccc1. The quantitative estimate of drug-likeness (QED) is 0.789. The molecule has 0 spiro atoms. The van der Waals surface area contributed by atoms with Gasteiger partial charge in [-0.25, -0.2) is 0 Å². The second kappa shape index (κ2) is 4.64. The summed E-state index contributed by atoms with van der Waals surface area (Å²) in [6.45, 7) is 3.16. The summed E-state index contributed by atoms with van der Waals surface area (Å²) in [6, 6.07) is 8.42. The van der Waals surface area contributed by atoms with Gasteiger partial charge in [-0.05, 0) is 12.1 Å². The van der Waals surface area contributed by atoms with Gasteiger partial charge in [0.05, 0.1) is 18.0 Å². The van der Waals surface area contributed by atoms with E-state index in [0.29, 0.717) is 5.92 Å². The highest BCUT2D eigenvalue weighted by Gasteiger charge is 2.40. The van der Waals surface area contributed by atoms with Gasteiger partial charge in [0.2, 0.25) is 0 Å². The van der Waals surface area contributed by atoms with Crippen LogP contribution in [0.2, 0.25) is 0 Å². The Morgan fingerprint density at radius 3 is 2.33 bits per heavy atom. The molecule has 18 heavy (non-hydrogen) atoms. The molecule has 4 nitrogen and oxygen atoms in total. The van der Waals surface area contributed by atoms with Crippen LogP contribution in [0.5, 0.6) is 0 Å². The summed E-state index contributed by atoms with van der Waals surface area (Å²) in [5.41, 5.74) is 0. The average Bonchev–Trinajstić information content (AvgIpc) is 2.41. The Balaban J connectivity index is 1.77. The van der Waals surface area contributed by atoms with E-state index in [4.69, 9.17) is 4.18 Å². The number of benzene rings is 1. The van der Waals surface area contributed by atoms with Crippen LogP contribution in [0.15, 0.2) is 35.2 Å². The van der Waals surface area contributed by atoms with Gasteiger partial charge in [-0.15, -0.1) is 0 Å². The molecule has 3 saturated heterocycles. The minimum atomic E-state index is -3.60. The smallest absolute Gasteiger partial charge is 0.297 e. The van der Waals surface area contributed by atoms with E-state index in [1.165, 1.54) is 4.90 Å². The van der Waals surface area contributed by atoms with E-state index in [-0.39, 0.29) is 11.0 Å². The minimum Gasteiger partial charge on any atom is -0.333 e. The Bertz CT molecular complexity index is 506. The lowest BCUT2D eigenvalue weighted by Crippen LogP contribution is -3.16. The van der Waals surface area contributed by atoms with Gasteiger partial charge in [0.25, 0.3) is 10.1 Å².